The average molecular weight is 495 g/mol. The highest BCUT2D eigenvalue weighted by molar-refractivity contribution is 9.10. The fourth-order valence-electron chi connectivity index (χ4n) is 3.53. The monoisotopic (exact) mass is 494 g/mol. The van der Waals surface area contributed by atoms with E-state index in [4.69, 9.17) is 14.5 Å². The van der Waals surface area contributed by atoms with Crippen molar-refractivity contribution in [1.29, 1.82) is 0 Å². The van der Waals surface area contributed by atoms with Crippen LogP contribution in [0.4, 0.5) is 0 Å². The van der Waals surface area contributed by atoms with Gasteiger partial charge in [0.15, 0.2) is 5.16 Å². The summed E-state index contributed by atoms with van der Waals surface area (Å²) >= 11 is 6.68. The molecule has 0 fully saturated rings. The first-order chi connectivity index (χ1) is 14.2. The van der Waals surface area contributed by atoms with Gasteiger partial charge in [-0.1, -0.05) is 27.7 Å². The van der Waals surface area contributed by atoms with Crippen molar-refractivity contribution in [3.05, 3.63) is 49.5 Å². The molecule has 2 aromatic heterocycles. The quantitative estimate of drug-likeness (QED) is 0.252. The van der Waals surface area contributed by atoms with E-state index in [1.165, 1.54) is 16.9 Å². The Morgan fingerprint density at radius 1 is 1.21 bits per heavy atom. The average Bonchev–Trinajstić information content (AvgIpc) is 3.10. The van der Waals surface area contributed by atoms with Gasteiger partial charge in [0, 0.05) is 22.2 Å². The molecular formula is C21H23BrN2O3S2. The SMILES string of the molecule is COCCn1c(SCCOc2ccc(Br)cc2)nc2sc3c(c2c1=O)CCCC3. The molecule has 3 aromatic rings. The number of aryl methyl sites for hydroxylation is 2. The first kappa shape index (κ1) is 20.9. The van der Waals surface area contributed by atoms with Crippen LogP contribution < -0.4 is 10.3 Å². The number of ether oxygens (including phenoxy) is 2. The van der Waals surface area contributed by atoms with Crippen LogP contribution in [0.2, 0.25) is 0 Å². The van der Waals surface area contributed by atoms with Crippen LogP contribution in [0.3, 0.4) is 0 Å². The largest absolute Gasteiger partial charge is 0.493 e. The van der Waals surface area contributed by atoms with E-state index in [-0.39, 0.29) is 5.56 Å². The number of hydrogen-bond acceptors (Lipinski definition) is 6. The van der Waals surface area contributed by atoms with Gasteiger partial charge in [-0.05, 0) is 55.5 Å². The minimum Gasteiger partial charge on any atom is -0.493 e. The molecule has 154 valence electrons. The van der Waals surface area contributed by atoms with Gasteiger partial charge < -0.3 is 9.47 Å². The number of aromatic nitrogens is 2. The molecule has 1 aliphatic rings. The van der Waals surface area contributed by atoms with Gasteiger partial charge >= 0.3 is 0 Å². The van der Waals surface area contributed by atoms with Gasteiger partial charge in [-0.25, -0.2) is 4.98 Å². The second-order valence-electron chi connectivity index (χ2n) is 6.89. The van der Waals surface area contributed by atoms with Gasteiger partial charge in [0.05, 0.1) is 25.1 Å². The van der Waals surface area contributed by atoms with E-state index >= 15 is 0 Å². The number of methoxy groups -OCH3 is 1. The third-order valence-electron chi connectivity index (χ3n) is 4.96. The third kappa shape index (κ3) is 4.71. The van der Waals surface area contributed by atoms with Crippen molar-refractivity contribution < 1.29 is 9.47 Å². The lowest BCUT2D eigenvalue weighted by molar-refractivity contribution is 0.183. The van der Waals surface area contributed by atoms with E-state index in [1.54, 1.807) is 34.8 Å². The maximum Gasteiger partial charge on any atom is 0.263 e. The lowest BCUT2D eigenvalue weighted by atomic mass is 9.97. The second kappa shape index (κ2) is 9.64. The molecule has 4 rings (SSSR count). The summed E-state index contributed by atoms with van der Waals surface area (Å²) in [6.45, 7) is 1.55. The van der Waals surface area contributed by atoms with Crippen molar-refractivity contribution in [3.63, 3.8) is 0 Å². The summed E-state index contributed by atoms with van der Waals surface area (Å²) in [5.41, 5.74) is 1.30. The Labute approximate surface area is 186 Å². The van der Waals surface area contributed by atoms with E-state index in [1.807, 2.05) is 24.3 Å². The minimum absolute atomic E-state index is 0.0720. The molecule has 1 aliphatic carbocycles. The summed E-state index contributed by atoms with van der Waals surface area (Å²) in [5, 5.41) is 1.58. The van der Waals surface area contributed by atoms with E-state index in [0.29, 0.717) is 25.5 Å². The topological polar surface area (TPSA) is 53.4 Å². The Bertz CT molecular complexity index is 1050. The Hall–Kier alpha value is -1.35. The third-order valence-corrected chi connectivity index (χ3v) is 7.61. The van der Waals surface area contributed by atoms with Crippen molar-refractivity contribution in [3.8, 4) is 5.75 Å². The van der Waals surface area contributed by atoms with E-state index in [0.717, 1.165) is 44.9 Å². The highest BCUT2D eigenvalue weighted by Crippen LogP contribution is 2.34. The van der Waals surface area contributed by atoms with Crippen molar-refractivity contribution >= 4 is 49.2 Å². The first-order valence-corrected chi connectivity index (χ1v) is 12.3. The van der Waals surface area contributed by atoms with E-state index in [9.17, 15) is 4.79 Å². The summed E-state index contributed by atoms with van der Waals surface area (Å²) < 4.78 is 13.8. The predicted molar refractivity (Wildman–Crippen MR) is 123 cm³/mol. The van der Waals surface area contributed by atoms with Crippen LogP contribution in [0.25, 0.3) is 10.2 Å². The molecule has 0 radical (unpaired) electrons. The van der Waals surface area contributed by atoms with Gasteiger partial charge in [-0.3, -0.25) is 9.36 Å². The second-order valence-corrected chi connectivity index (χ2v) is 9.95. The molecule has 2 heterocycles. The molecular weight excluding hydrogens is 472 g/mol. The Kier molecular flexibility index (Phi) is 6.95. The van der Waals surface area contributed by atoms with Crippen LogP contribution in [0, 0.1) is 0 Å². The molecule has 5 nitrogen and oxygen atoms in total. The van der Waals surface area contributed by atoms with E-state index in [2.05, 4.69) is 15.9 Å². The van der Waals surface area contributed by atoms with Crippen molar-refractivity contribution in [2.45, 2.75) is 37.4 Å². The highest BCUT2D eigenvalue weighted by Gasteiger charge is 2.22. The molecule has 1 aromatic carbocycles. The number of fused-ring (bicyclic) bond motifs is 3. The smallest absolute Gasteiger partial charge is 0.263 e. The molecule has 0 spiro atoms. The van der Waals surface area contributed by atoms with Crippen molar-refractivity contribution in [2.24, 2.45) is 0 Å². The first-order valence-electron chi connectivity index (χ1n) is 9.72. The zero-order valence-corrected chi connectivity index (χ0v) is 19.5. The van der Waals surface area contributed by atoms with Gasteiger partial charge in [0.1, 0.15) is 10.6 Å². The number of thioether (sulfide) groups is 1. The predicted octanol–water partition coefficient (Wildman–Crippen LogP) is 4.92. The van der Waals surface area contributed by atoms with Gasteiger partial charge in [-0.2, -0.15) is 0 Å². The lowest BCUT2D eigenvalue weighted by Gasteiger charge is -2.13. The molecule has 29 heavy (non-hydrogen) atoms. The molecule has 0 N–H and O–H groups in total. The van der Waals surface area contributed by atoms with Crippen LogP contribution >= 0.6 is 39.0 Å². The zero-order valence-electron chi connectivity index (χ0n) is 16.3. The van der Waals surface area contributed by atoms with Crippen molar-refractivity contribution in [1.82, 2.24) is 9.55 Å². The molecule has 0 aliphatic heterocycles. The summed E-state index contributed by atoms with van der Waals surface area (Å²) in [4.78, 5) is 20.4. The maximum atomic E-state index is 13.3. The lowest BCUT2D eigenvalue weighted by Crippen LogP contribution is -2.25. The van der Waals surface area contributed by atoms with Crippen LogP contribution in [0.15, 0.2) is 38.7 Å². The summed E-state index contributed by atoms with van der Waals surface area (Å²) in [7, 11) is 1.66. The molecule has 0 unspecified atom stereocenters. The number of benzene rings is 1. The van der Waals surface area contributed by atoms with Gasteiger partial charge in [0.25, 0.3) is 5.56 Å². The Balaban J connectivity index is 1.55. The fourth-order valence-corrected chi connectivity index (χ4v) is 5.94. The molecule has 0 saturated carbocycles. The minimum atomic E-state index is 0.0720. The zero-order chi connectivity index (χ0) is 20.2. The highest BCUT2D eigenvalue weighted by atomic mass is 79.9. The molecule has 0 amide bonds. The van der Waals surface area contributed by atoms with Gasteiger partial charge in [0.2, 0.25) is 0 Å². The standard InChI is InChI=1S/C21H23BrN2O3S2/c1-26-11-10-24-20(25)18-16-4-2-3-5-17(16)29-19(18)23-21(24)28-13-12-27-15-8-6-14(22)7-9-15/h6-9H,2-5,10-13H2,1H3. The Morgan fingerprint density at radius 2 is 2.00 bits per heavy atom. The normalized spacial score (nSPS) is 13.6. The van der Waals surface area contributed by atoms with Crippen LogP contribution in [0.5, 0.6) is 5.75 Å². The summed E-state index contributed by atoms with van der Waals surface area (Å²) in [6, 6.07) is 7.78. The summed E-state index contributed by atoms with van der Waals surface area (Å²) in [5.74, 6) is 1.55. The van der Waals surface area contributed by atoms with Crippen LogP contribution in [-0.4, -0.2) is 35.6 Å². The summed E-state index contributed by atoms with van der Waals surface area (Å²) in [6.07, 6.45) is 4.41. The maximum absolute atomic E-state index is 13.3. The number of rotatable bonds is 8. The molecule has 8 heteroatoms. The van der Waals surface area contributed by atoms with Crippen LogP contribution in [-0.2, 0) is 24.1 Å². The Morgan fingerprint density at radius 3 is 2.79 bits per heavy atom. The number of thiophene rings is 1. The number of halogens is 1. The molecule has 0 bridgehead atoms. The number of hydrogen-bond donors (Lipinski definition) is 0. The molecule has 0 atom stereocenters. The molecule has 0 saturated heterocycles. The van der Waals surface area contributed by atoms with E-state index < -0.39 is 0 Å². The van der Waals surface area contributed by atoms with Crippen LogP contribution in [0.1, 0.15) is 23.3 Å². The fraction of sp³-hybridized carbons (Fsp3) is 0.429. The van der Waals surface area contributed by atoms with Crippen molar-refractivity contribution in [2.75, 3.05) is 26.1 Å². The number of nitrogens with zero attached hydrogens (tertiary/aromatic N) is 2. The van der Waals surface area contributed by atoms with Gasteiger partial charge in [-0.15, -0.1) is 11.3 Å².